The van der Waals surface area contributed by atoms with E-state index in [1.165, 1.54) is 5.56 Å². The Balaban J connectivity index is 2.46. The molecule has 0 heterocycles. The zero-order valence-electron chi connectivity index (χ0n) is 12.6. The van der Waals surface area contributed by atoms with Crippen LogP contribution in [0.1, 0.15) is 18.9 Å². The van der Waals surface area contributed by atoms with E-state index < -0.39 is 0 Å². The largest absolute Gasteiger partial charge is 0.489 e. The summed E-state index contributed by atoms with van der Waals surface area (Å²) in [7, 11) is 1.70. The van der Waals surface area contributed by atoms with Crippen molar-refractivity contribution in [1.82, 2.24) is 5.32 Å². The Morgan fingerprint density at radius 3 is 2.38 bits per heavy atom. The molecule has 0 spiro atoms. The van der Waals surface area contributed by atoms with Gasteiger partial charge in [0.15, 0.2) is 0 Å². The van der Waals surface area contributed by atoms with Crippen molar-refractivity contribution in [3.63, 3.8) is 0 Å². The summed E-state index contributed by atoms with van der Waals surface area (Å²) in [6.45, 7) is 6.35. The SMILES string of the molecule is CCCOCCOc1c(Br)cc(CNCCOC)cc1Br. The maximum Gasteiger partial charge on any atom is 0.147 e. The second-order valence-corrected chi connectivity index (χ2v) is 6.23. The van der Waals surface area contributed by atoms with Gasteiger partial charge in [0.25, 0.3) is 0 Å². The number of benzene rings is 1. The maximum atomic E-state index is 5.75. The van der Waals surface area contributed by atoms with Crippen molar-refractivity contribution in [3.05, 3.63) is 26.6 Å². The van der Waals surface area contributed by atoms with Crippen LogP contribution in [0.5, 0.6) is 5.75 Å². The van der Waals surface area contributed by atoms with Gasteiger partial charge in [-0.15, -0.1) is 0 Å². The highest BCUT2D eigenvalue weighted by atomic mass is 79.9. The summed E-state index contributed by atoms with van der Waals surface area (Å²) in [5.41, 5.74) is 1.18. The molecule has 0 aliphatic rings. The van der Waals surface area contributed by atoms with Crippen molar-refractivity contribution < 1.29 is 14.2 Å². The first kappa shape index (κ1) is 18.9. The van der Waals surface area contributed by atoms with Crippen molar-refractivity contribution in [2.24, 2.45) is 0 Å². The predicted molar refractivity (Wildman–Crippen MR) is 92.0 cm³/mol. The van der Waals surface area contributed by atoms with Crippen LogP contribution in [0.25, 0.3) is 0 Å². The highest BCUT2D eigenvalue weighted by Gasteiger charge is 2.09. The molecule has 21 heavy (non-hydrogen) atoms. The van der Waals surface area contributed by atoms with Gasteiger partial charge >= 0.3 is 0 Å². The third-order valence-corrected chi connectivity index (χ3v) is 3.87. The molecule has 0 bridgehead atoms. The summed E-state index contributed by atoms with van der Waals surface area (Å²) in [6.07, 6.45) is 1.03. The smallest absolute Gasteiger partial charge is 0.147 e. The number of hydrogen-bond donors (Lipinski definition) is 1. The van der Waals surface area contributed by atoms with E-state index in [4.69, 9.17) is 14.2 Å². The Kier molecular flexibility index (Phi) is 10.3. The fraction of sp³-hybridized carbons (Fsp3) is 0.600. The van der Waals surface area contributed by atoms with Gasteiger partial charge in [0, 0.05) is 26.8 Å². The van der Waals surface area contributed by atoms with Crippen LogP contribution in [0.4, 0.5) is 0 Å². The standard InChI is InChI=1S/C15H23Br2NO3/c1-3-5-20-7-8-21-15-13(16)9-12(10-14(15)17)11-18-4-6-19-2/h9-10,18H,3-8,11H2,1-2H3. The third-order valence-electron chi connectivity index (χ3n) is 2.69. The summed E-state index contributed by atoms with van der Waals surface area (Å²) >= 11 is 7.11. The van der Waals surface area contributed by atoms with Gasteiger partial charge in [0.2, 0.25) is 0 Å². The van der Waals surface area contributed by atoms with Crippen LogP contribution >= 0.6 is 31.9 Å². The first-order valence-corrected chi connectivity index (χ1v) is 8.65. The van der Waals surface area contributed by atoms with Crippen LogP contribution in [0.15, 0.2) is 21.1 Å². The van der Waals surface area contributed by atoms with E-state index in [-0.39, 0.29) is 0 Å². The van der Waals surface area contributed by atoms with Crippen molar-refractivity contribution >= 4 is 31.9 Å². The van der Waals surface area contributed by atoms with Crippen LogP contribution < -0.4 is 10.1 Å². The third kappa shape index (κ3) is 7.61. The Hall–Kier alpha value is -0.140. The van der Waals surface area contributed by atoms with Crippen molar-refractivity contribution in [3.8, 4) is 5.75 Å². The van der Waals surface area contributed by atoms with Crippen LogP contribution in [0.3, 0.4) is 0 Å². The van der Waals surface area contributed by atoms with Crippen molar-refractivity contribution in [1.29, 1.82) is 0 Å². The molecule has 1 aromatic rings. The fourth-order valence-corrected chi connectivity index (χ4v) is 3.22. The fourth-order valence-electron chi connectivity index (χ4n) is 1.71. The zero-order valence-corrected chi connectivity index (χ0v) is 15.8. The minimum Gasteiger partial charge on any atom is -0.489 e. The molecule has 1 aromatic carbocycles. The van der Waals surface area contributed by atoms with Gasteiger partial charge in [-0.05, 0) is 56.0 Å². The summed E-state index contributed by atoms with van der Waals surface area (Å²) < 4.78 is 18.0. The van der Waals surface area contributed by atoms with E-state index in [2.05, 4.69) is 56.2 Å². The number of rotatable bonds is 11. The molecule has 1 N–H and O–H groups in total. The molecule has 0 saturated heterocycles. The Morgan fingerprint density at radius 2 is 1.76 bits per heavy atom. The molecule has 1 rings (SSSR count). The molecule has 0 unspecified atom stereocenters. The van der Waals surface area contributed by atoms with Crippen LogP contribution in [-0.2, 0) is 16.0 Å². The molecule has 0 atom stereocenters. The number of ether oxygens (including phenoxy) is 3. The highest BCUT2D eigenvalue weighted by Crippen LogP contribution is 2.34. The monoisotopic (exact) mass is 423 g/mol. The molecule has 0 fully saturated rings. The first-order chi connectivity index (χ1) is 10.2. The minimum atomic E-state index is 0.544. The van der Waals surface area contributed by atoms with Crippen molar-refractivity contribution in [2.45, 2.75) is 19.9 Å². The molecule has 4 nitrogen and oxygen atoms in total. The molecule has 0 aliphatic carbocycles. The van der Waals surface area contributed by atoms with Crippen LogP contribution in [-0.4, -0.2) is 40.1 Å². The molecule has 6 heteroatoms. The van der Waals surface area contributed by atoms with Crippen LogP contribution in [0, 0.1) is 0 Å². The number of hydrogen-bond acceptors (Lipinski definition) is 4. The molecule has 0 radical (unpaired) electrons. The summed E-state index contributed by atoms with van der Waals surface area (Å²) in [5, 5.41) is 3.32. The van der Waals surface area contributed by atoms with Gasteiger partial charge in [0.05, 0.1) is 22.2 Å². The van der Waals surface area contributed by atoms with Gasteiger partial charge < -0.3 is 19.5 Å². The molecule has 120 valence electrons. The van der Waals surface area contributed by atoms with E-state index in [0.29, 0.717) is 19.8 Å². The molecule has 0 saturated carbocycles. The van der Waals surface area contributed by atoms with E-state index in [9.17, 15) is 0 Å². The number of halogens is 2. The molecule has 0 aromatic heterocycles. The molecule has 0 amide bonds. The van der Waals surface area contributed by atoms with Gasteiger partial charge in [0.1, 0.15) is 12.4 Å². The second kappa shape index (κ2) is 11.4. The lowest BCUT2D eigenvalue weighted by Gasteiger charge is -2.13. The Bertz CT molecular complexity index is 393. The second-order valence-electron chi connectivity index (χ2n) is 4.52. The summed E-state index contributed by atoms with van der Waals surface area (Å²) in [5.74, 6) is 0.815. The summed E-state index contributed by atoms with van der Waals surface area (Å²) in [6, 6.07) is 4.12. The maximum absolute atomic E-state index is 5.75. The Labute approximate surface area is 143 Å². The van der Waals surface area contributed by atoms with Gasteiger partial charge in [-0.1, -0.05) is 6.92 Å². The van der Waals surface area contributed by atoms with E-state index in [1.54, 1.807) is 7.11 Å². The van der Waals surface area contributed by atoms with Gasteiger partial charge in [-0.25, -0.2) is 0 Å². The van der Waals surface area contributed by atoms with Crippen LogP contribution in [0.2, 0.25) is 0 Å². The molecule has 0 aliphatic heterocycles. The average Bonchev–Trinajstić information content (AvgIpc) is 2.46. The molecular weight excluding hydrogens is 402 g/mol. The predicted octanol–water partition coefficient (Wildman–Crippen LogP) is 3.75. The zero-order chi connectivity index (χ0) is 15.5. The van der Waals surface area contributed by atoms with E-state index in [1.807, 2.05) is 0 Å². The topological polar surface area (TPSA) is 39.7 Å². The highest BCUT2D eigenvalue weighted by molar-refractivity contribution is 9.11. The van der Waals surface area contributed by atoms with Gasteiger partial charge in [-0.3, -0.25) is 0 Å². The molecular formula is C15H23Br2NO3. The van der Waals surface area contributed by atoms with E-state index >= 15 is 0 Å². The lowest BCUT2D eigenvalue weighted by molar-refractivity contribution is 0.100. The first-order valence-electron chi connectivity index (χ1n) is 7.07. The quantitative estimate of drug-likeness (QED) is 0.549. The lowest BCUT2D eigenvalue weighted by Crippen LogP contribution is -2.18. The van der Waals surface area contributed by atoms with Crippen molar-refractivity contribution in [2.75, 3.05) is 40.1 Å². The average molecular weight is 425 g/mol. The normalized spacial score (nSPS) is 10.9. The minimum absolute atomic E-state index is 0.544. The number of nitrogens with one attached hydrogen (secondary N) is 1. The Morgan fingerprint density at radius 1 is 1.05 bits per heavy atom. The van der Waals surface area contributed by atoms with E-state index in [0.717, 1.165) is 40.8 Å². The van der Waals surface area contributed by atoms with Gasteiger partial charge in [-0.2, -0.15) is 0 Å². The lowest BCUT2D eigenvalue weighted by atomic mass is 10.2. The summed E-state index contributed by atoms with van der Waals surface area (Å²) in [4.78, 5) is 0. The number of methoxy groups -OCH3 is 1.